The second-order valence-corrected chi connectivity index (χ2v) is 6.09. The van der Waals surface area contributed by atoms with Crippen molar-refractivity contribution in [2.45, 2.75) is 26.2 Å². The molecular weight excluding hydrogens is 288 g/mol. The number of aromatic amines is 1. The van der Waals surface area contributed by atoms with Crippen LogP contribution in [0, 0.1) is 0 Å². The molecule has 2 aromatic heterocycles. The molecule has 1 aromatic carbocycles. The molecule has 0 fully saturated rings. The van der Waals surface area contributed by atoms with Crippen molar-refractivity contribution in [3.8, 4) is 11.6 Å². The Balaban J connectivity index is 2.09. The predicted molar refractivity (Wildman–Crippen MR) is 81.9 cm³/mol. The zero-order valence-electron chi connectivity index (χ0n) is 12.0. The van der Waals surface area contributed by atoms with Gasteiger partial charge in [-0.15, -0.1) is 0 Å². The minimum atomic E-state index is -0.0412. The Labute approximate surface area is 127 Å². The van der Waals surface area contributed by atoms with Crippen LogP contribution in [0.25, 0.3) is 11.2 Å². The molecule has 0 saturated carbocycles. The number of ether oxygens (including phenoxy) is 1. The Bertz CT molecular complexity index is 792. The average molecular weight is 303 g/mol. The van der Waals surface area contributed by atoms with Gasteiger partial charge >= 0.3 is 0 Å². The van der Waals surface area contributed by atoms with Crippen LogP contribution in [0.2, 0.25) is 5.28 Å². The van der Waals surface area contributed by atoms with Crippen LogP contribution in [0.4, 0.5) is 0 Å². The van der Waals surface area contributed by atoms with Gasteiger partial charge < -0.3 is 9.72 Å². The van der Waals surface area contributed by atoms with E-state index in [1.54, 1.807) is 0 Å². The number of fused-ring (bicyclic) bond motifs is 1. The molecule has 1 N–H and O–H groups in total. The van der Waals surface area contributed by atoms with Crippen molar-refractivity contribution in [2.75, 3.05) is 0 Å². The van der Waals surface area contributed by atoms with Gasteiger partial charge in [0.05, 0.1) is 6.33 Å². The number of nitrogens with zero attached hydrogens (tertiary/aromatic N) is 3. The fourth-order valence-corrected chi connectivity index (χ4v) is 2.29. The minimum absolute atomic E-state index is 0.0412. The molecule has 0 radical (unpaired) electrons. The molecule has 0 unspecified atom stereocenters. The van der Waals surface area contributed by atoms with Crippen LogP contribution in [-0.2, 0) is 5.41 Å². The average Bonchev–Trinajstić information content (AvgIpc) is 2.86. The number of para-hydroxylation sites is 1. The summed E-state index contributed by atoms with van der Waals surface area (Å²) in [5.41, 5.74) is 2.16. The number of hydrogen-bond acceptors (Lipinski definition) is 4. The lowest BCUT2D eigenvalue weighted by Crippen LogP contribution is -2.12. The number of rotatable bonds is 2. The van der Waals surface area contributed by atoms with Crippen LogP contribution in [0.15, 0.2) is 30.6 Å². The highest BCUT2D eigenvalue weighted by molar-refractivity contribution is 6.28. The summed E-state index contributed by atoms with van der Waals surface area (Å²) in [7, 11) is 0. The number of halogens is 1. The Kier molecular flexibility index (Phi) is 3.29. The molecule has 0 spiro atoms. The van der Waals surface area contributed by atoms with Crippen molar-refractivity contribution in [3.05, 3.63) is 41.4 Å². The summed E-state index contributed by atoms with van der Waals surface area (Å²) in [6.45, 7) is 6.40. The monoisotopic (exact) mass is 302 g/mol. The Morgan fingerprint density at radius 2 is 1.90 bits per heavy atom. The second kappa shape index (κ2) is 5.00. The highest BCUT2D eigenvalue weighted by atomic mass is 35.5. The first kappa shape index (κ1) is 13.8. The van der Waals surface area contributed by atoms with E-state index in [0.29, 0.717) is 17.0 Å². The van der Waals surface area contributed by atoms with Gasteiger partial charge in [-0.1, -0.05) is 39.0 Å². The summed E-state index contributed by atoms with van der Waals surface area (Å²) in [6, 6.07) is 7.88. The first-order chi connectivity index (χ1) is 9.95. The molecule has 0 atom stereocenters. The van der Waals surface area contributed by atoms with E-state index in [4.69, 9.17) is 16.3 Å². The smallest absolute Gasteiger partial charge is 0.250 e. The summed E-state index contributed by atoms with van der Waals surface area (Å²) in [6.07, 6.45) is 1.54. The number of benzene rings is 1. The first-order valence-corrected chi connectivity index (χ1v) is 6.97. The van der Waals surface area contributed by atoms with E-state index in [2.05, 4.69) is 40.7 Å². The summed E-state index contributed by atoms with van der Waals surface area (Å²) in [5.74, 6) is 1.12. The topological polar surface area (TPSA) is 63.7 Å². The van der Waals surface area contributed by atoms with E-state index < -0.39 is 0 Å². The van der Waals surface area contributed by atoms with Gasteiger partial charge in [0.2, 0.25) is 11.2 Å². The first-order valence-electron chi connectivity index (χ1n) is 6.59. The molecule has 0 aliphatic carbocycles. The molecule has 0 saturated heterocycles. The van der Waals surface area contributed by atoms with Crippen LogP contribution in [0.3, 0.4) is 0 Å². The normalized spacial score (nSPS) is 11.8. The molecule has 5 nitrogen and oxygen atoms in total. The Hall–Kier alpha value is -2.14. The maximum Gasteiger partial charge on any atom is 0.250 e. The Morgan fingerprint density at radius 3 is 2.67 bits per heavy atom. The molecule has 21 heavy (non-hydrogen) atoms. The molecule has 0 aliphatic heterocycles. The van der Waals surface area contributed by atoms with Crippen molar-refractivity contribution in [3.63, 3.8) is 0 Å². The van der Waals surface area contributed by atoms with E-state index >= 15 is 0 Å². The summed E-state index contributed by atoms with van der Waals surface area (Å²) >= 11 is 5.92. The Morgan fingerprint density at radius 1 is 1.14 bits per heavy atom. The summed E-state index contributed by atoms with van der Waals surface area (Å²) < 4.78 is 5.98. The summed E-state index contributed by atoms with van der Waals surface area (Å²) in [4.78, 5) is 15.2. The van der Waals surface area contributed by atoms with E-state index in [1.165, 1.54) is 6.33 Å². The van der Waals surface area contributed by atoms with E-state index in [9.17, 15) is 0 Å². The molecule has 108 valence electrons. The van der Waals surface area contributed by atoms with Gasteiger partial charge in [0.15, 0.2) is 5.65 Å². The van der Waals surface area contributed by atoms with Crippen molar-refractivity contribution in [1.29, 1.82) is 0 Å². The van der Waals surface area contributed by atoms with Gasteiger partial charge in [-0.25, -0.2) is 4.98 Å². The van der Waals surface area contributed by atoms with Crippen molar-refractivity contribution >= 4 is 22.8 Å². The third kappa shape index (κ3) is 2.69. The largest absolute Gasteiger partial charge is 0.437 e. The zero-order valence-corrected chi connectivity index (χ0v) is 12.8. The molecule has 3 aromatic rings. The molecule has 0 bridgehead atoms. The van der Waals surface area contributed by atoms with Crippen molar-refractivity contribution in [2.24, 2.45) is 0 Å². The molecule has 2 heterocycles. The SMILES string of the molecule is CC(C)(C)c1ccccc1Oc1nc(Cl)nc2nc[nH]c12. The second-order valence-electron chi connectivity index (χ2n) is 5.75. The van der Waals surface area contributed by atoms with Gasteiger partial charge in [0.1, 0.15) is 11.3 Å². The fraction of sp³-hybridized carbons (Fsp3) is 0.267. The quantitative estimate of drug-likeness (QED) is 0.724. The number of imidazole rings is 1. The number of aromatic nitrogens is 4. The number of nitrogens with one attached hydrogen (secondary N) is 1. The lowest BCUT2D eigenvalue weighted by molar-refractivity contribution is 0.443. The van der Waals surface area contributed by atoms with Crippen LogP contribution in [0.5, 0.6) is 11.6 Å². The maximum atomic E-state index is 5.98. The van der Waals surface area contributed by atoms with Crippen LogP contribution in [0.1, 0.15) is 26.3 Å². The molecule has 6 heteroatoms. The van der Waals surface area contributed by atoms with E-state index in [-0.39, 0.29) is 10.7 Å². The van der Waals surface area contributed by atoms with Crippen LogP contribution < -0.4 is 4.74 Å². The molecule has 3 rings (SSSR count). The number of hydrogen-bond donors (Lipinski definition) is 1. The van der Waals surface area contributed by atoms with Gasteiger partial charge in [0.25, 0.3) is 0 Å². The highest BCUT2D eigenvalue weighted by Crippen LogP contribution is 2.35. The minimum Gasteiger partial charge on any atom is -0.437 e. The van der Waals surface area contributed by atoms with E-state index in [0.717, 1.165) is 11.3 Å². The molecule has 0 amide bonds. The van der Waals surface area contributed by atoms with Gasteiger partial charge in [-0.3, -0.25) is 0 Å². The fourth-order valence-electron chi connectivity index (χ4n) is 2.13. The lowest BCUT2D eigenvalue weighted by atomic mass is 9.86. The van der Waals surface area contributed by atoms with Gasteiger partial charge in [-0.2, -0.15) is 9.97 Å². The third-order valence-corrected chi connectivity index (χ3v) is 3.30. The van der Waals surface area contributed by atoms with Gasteiger partial charge in [0, 0.05) is 5.56 Å². The standard InChI is InChI=1S/C15H15ClN4O/c1-15(2,3)9-6-4-5-7-10(9)21-13-11-12(18-8-17-11)19-14(16)20-13/h4-8H,1-3H3,(H,17,18,19,20). The van der Waals surface area contributed by atoms with E-state index in [1.807, 2.05) is 24.3 Å². The zero-order chi connectivity index (χ0) is 15.0. The summed E-state index contributed by atoms with van der Waals surface area (Å²) in [5, 5.41) is 0.109. The van der Waals surface area contributed by atoms with Crippen molar-refractivity contribution < 1.29 is 4.74 Å². The molecular formula is C15H15ClN4O. The highest BCUT2D eigenvalue weighted by Gasteiger charge is 2.20. The van der Waals surface area contributed by atoms with Gasteiger partial charge in [-0.05, 0) is 23.1 Å². The van der Waals surface area contributed by atoms with Crippen molar-refractivity contribution in [1.82, 2.24) is 19.9 Å². The van der Waals surface area contributed by atoms with Crippen LogP contribution >= 0.6 is 11.6 Å². The number of H-pyrrole nitrogens is 1. The predicted octanol–water partition coefficient (Wildman–Crippen LogP) is 4.10. The maximum absolute atomic E-state index is 5.98. The third-order valence-electron chi connectivity index (χ3n) is 3.13. The molecule has 0 aliphatic rings. The van der Waals surface area contributed by atoms with Crippen LogP contribution in [-0.4, -0.2) is 19.9 Å². The lowest BCUT2D eigenvalue weighted by Gasteiger charge is -2.22.